The Labute approximate surface area is 113 Å². The first kappa shape index (κ1) is 12.9. The largest absolute Gasteiger partial charge is 0.370 e. The van der Waals surface area contributed by atoms with Crippen molar-refractivity contribution in [2.45, 2.75) is 27.2 Å². The second-order valence-corrected chi connectivity index (χ2v) is 6.68. The summed E-state index contributed by atoms with van der Waals surface area (Å²) in [6.07, 6.45) is 1.22. The number of nitrogens with zero attached hydrogens (tertiary/aromatic N) is 1. The van der Waals surface area contributed by atoms with Crippen molar-refractivity contribution in [1.82, 2.24) is 0 Å². The minimum absolute atomic E-state index is 0.324. The van der Waals surface area contributed by atoms with Crippen LogP contribution in [0.25, 0.3) is 0 Å². The summed E-state index contributed by atoms with van der Waals surface area (Å²) in [5.41, 5.74) is 3.28. The number of fused-ring (bicyclic) bond motifs is 1. The number of halogens is 1. The van der Waals surface area contributed by atoms with Crippen molar-refractivity contribution in [2.24, 2.45) is 11.3 Å². The zero-order valence-corrected chi connectivity index (χ0v) is 12.6. The highest BCUT2D eigenvalue weighted by molar-refractivity contribution is 9.09. The smallest absolute Gasteiger partial charge is 0.0399 e. The van der Waals surface area contributed by atoms with Gasteiger partial charge in [-0.2, -0.15) is 0 Å². The molecule has 0 aromatic heterocycles. The minimum atomic E-state index is 0.324. The van der Waals surface area contributed by atoms with Crippen LogP contribution in [-0.4, -0.2) is 18.4 Å². The molecule has 2 heteroatoms. The average Bonchev–Trinajstić information content (AvgIpc) is 2.28. The molecule has 0 fully saturated rings. The van der Waals surface area contributed by atoms with Gasteiger partial charge in [0, 0.05) is 24.1 Å². The fraction of sp³-hybridized carbons (Fsp3) is 0.600. The van der Waals surface area contributed by atoms with Crippen LogP contribution in [0.4, 0.5) is 5.69 Å². The van der Waals surface area contributed by atoms with Crippen molar-refractivity contribution < 1.29 is 0 Å². The lowest BCUT2D eigenvalue weighted by molar-refractivity contribution is 0.399. The van der Waals surface area contributed by atoms with Gasteiger partial charge < -0.3 is 4.90 Å². The van der Waals surface area contributed by atoms with Crippen molar-refractivity contribution in [1.29, 1.82) is 0 Å². The van der Waals surface area contributed by atoms with Crippen molar-refractivity contribution in [2.75, 3.05) is 23.3 Å². The van der Waals surface area contributed by atoms with Crippen LogP contribution >= 0.6 is 15.9 Å². The van der Waals surface area contributed by atoms with Crippen LogP contribution in [0.3, 0.4) is 0 Å². The Hall–Kier alpha value is -0.500. The topological polar surface area (TPSA) is 3.24 Å². The van der Waals surface area contributed by atoms with Gasteiger partial charge in [0.05, 0.1) is 0 Å². The Kier molecular flexibility index (Phi) is 3.82. The first-order valence-corrected chi connectivity index (χ1v) is 7.53. The Balaban J connectivity index is 2.24. The molecule has 1 aromatic rings. The summed E-state index contributed by atoms with van der Waals surface area (Å²) in [6, 6.07) is 8.86. The van der Waals surface area contributed by atoms with Crippen LogP contribution in [-0.2, 0) is 6.42 Å². The number of para-hydroxylation sites is 1. The molecule has 0 saturated carbocycles. The first-order valence-electron chi connectivity index (χ1n) is 6.41. The van der Waals surface area contributed by atoms with Crippen LogP contribution in [0, 0.1) is 11.3 Å². The molecule has 0 spiro atoms. The predicted octanol–water partition coefficient (Wildman–Crippen LogP) is 4.11. The van der Waals surface area contributed by atoms with E-state index in [4.69, 9.17) is 0 Å². The molecular weight excluding hydrogens is 274 g/mol. The lowest BCUT2D eigenvalue weighted by Gasteiger charge is -2.39. The van der Waals surface area contributed by atoms with Gasteiger partial charge >= 0.3 is 0 Å². The summed E-state index contributed by atoms with van der Waals surface area (Å²) in [7, 11) is 0. The van der Waals surface area contributed by atoms with E-state index in [2.05, 4.69) is 65.9 Å². The molecule has 1 aromatic carbocycles. The number of hydrogen-bond acceptors (Lipinski definition) is 1. The summed E-state index contributed by atoms with van der Waals surface area (Å²) >= 11 is 3.63. The minimum Gasteiger partial charge on any atom is -0.370 e. The second-order valence-electron chi connectivity index (χ2n) is 6.12. The van der Waals surface area contributed by atoms with E-state index in [1.54, 1.807) is 0 Å². The Morgan fingerprint density at radius 1 is 1.35 bits per heavy atom. The molecule has 1 atom stereocenters. The maximum Gasteiger partial charge on any atom is 0.0399 e. The van der Waals surface area contributed by atoms with Gasteiger partial charge in [-0.1, -0.05) is 54.9 Å². The van der Waals surface area contributed by atoms with Crippen LogP contribution < -0.4 is 4.90 Å². The molecule has 0 amide bonds. The molecule has 0 radical (unpaired) electrons. The number of hydrogen-bond donors (Lipinski definition) is 0. The Bertz CT molecular complexity index is 386. The van der Waals surface area contributed by atoms with Crippen LogP contribution in [0.15, 0.2) is 24.3 Å². The van der Waals surface area contributed by atoms with Gasteiger partial charge in [-0.25, -0.2) is 0 Å². The monoisotopic (exact) mass is 295 g/mol. The summed E-state index contributed by atoms with van der Waals surface area (Å²) in [5.74, 6) is 0.760. The number of anilines is 1. The molecule has 0 aliphatic carbocycles. The fourth-order valence-electron chi connectivity index (χ4n) is 2.62. The van der Waals surface area contributed by atoms with Crippen LogP contribution in [0.2, 0.25) is 0 Å². The molecule has 2 rings (SSSR count). The SMILES string of the molecule is CC1Cc2ccccc2N(CC(C)(C)CBr)C1. The van der Waals surface area contributed by atoms with Gasteiger partial charge in [-0.3, -0.25) is 0 Å². The van der Waals surface area contributed by atoms with Gasteiger partial charge in [-0.15, -0.1) is 0 Å². The standard InChI is InChI=1S/C15H22BrN/c1-12-8-13-6-4-5-7-14(13)17(9-12)11-15(2,3)10-16/h4-7,12H,8-11H2,1-3H3. The van der Waals surface area contributed by atoms with E-state index in [0.717, 1.165) is 17.8 Å². The van der Waals surface area contributed by atoms with Crippen molar-refractivity contribution in [3.05, 3.63) is 29.8 Å². The molecule has 94 valence electrons. The maximum atomic E-state index is 3.63. The molecule has 1 nitrogen and oxygen atoms in total. The second kappa shape index (κ2) is 5.01. The quantitative estimate of drug-likeness (QED) is 0.759. The van der Waals surface area contributed by atoms with Crippen molar-refractivity contribution in [3.63, 3.8) is 0 Å². The van der Waals surface area contributed by atoms with Crippen LogP contribution in [0.1, 0.15) is 26.3 Å². The third-order valence-corrected chi connectivity index (χ3v) is 4.93. The molecular formula is C15H22BrN. The molecule has 1 unspecified atom stereocenters. The van der Waals surface area contributed by atoms with Gasteiger partial charge in [0.15, 0.2) is 0 Å². The predicted molar refractivity (Wildman–Crippen MR) is 79.1 cm³/mol. The molecule has 17 heavy (non-hydrogen) atoms. The normalized spacial score (nSPS) is 20.2. The van der Waals surface area contributed by atoms with E-state index in [0.29, 0.717) is 5.41 Å². The summed E-state index contributed by atoms with van der Waals surface area (Å²) in [6.45, 7) is 9.31. The lowest BCUT2D eigenvalue weighted by atomic mass is 9.90. The molecule has 1 aliphatic heterocycles. The highest BCUT2D eigenvalue weighted by Crippen LogP contribution is 2.32. The van der Waals surface area contributed by atoms with E-state index < -0.39 is 0 Å². The molecule has 1 heterocycles. The number of alkyl halides is 1. The number of rotatable bonds is 3. The summed E-state index contributed by atoms with van der Waals surface area (Å²) < 4.78 is 0. The fourth-order valence-corrected chi connectivity index (χ4v) is 2.79. The number of benzene rings is 1. The Morgan fingerprint density at radius 3 is 2.76 bits per heavy atom. The van der Waals surface area contributed by atoms with Gasteiger partial charge in [-0.05, 0) is 29.4 Å². The molecule has 0 bridgehead atoms. The lowest BCUT2D eigenvalue weighted by Crippen LogP contribution is -2.41. The third-order valence-electron chi connectivity index (χ3n) is 3.41. The zero-order valence-electron chi connectivity index (χ0n) is 11.0. The van der Waals surface area contributed by atoms with Gasteiger partial charge in [0.25, 0.3) is 0 Å². The highest BCUT2D eigenvalue weighted by Gasteiger charge is 2.26. The van der Waals surface area contributed by atoms with E-state index in [-0.39, 0.29) is 0 Å². The van der Waals surface area contributed by atoms with Crippen LogP contribution in [0.5, 0.6) is 0 Å². The van der Waals surface area contributed by atoms with E-state index >= 15 is 0 Å². The highest BCUT2D eigenvalue weighted by atomic mass is 79.9. The van der Waals surface area contributed by atoms with E-state index in [9.17, 15) is 0 Å². The zero-order chi connectivity index (χ0) is 12.5. The summed E-state index contributed by atoms with van der Waals surface area (Å²) in [4.78, 5) is 2.56. The van der Waals surface area contributed by atoms with Gasteiger partial charge in [0.2, 0.25) is 0 Å². The van der Waals surface area contributed by atoms with Crippen molar-refractivity contribution >= 4 is 21.6 Å². The van der Waals surface area contributed by atoms with E-state index in [1.165, 1.54) is 24.2 Å². The van der Waals surface area contributed by atoms with Crippen molar-refractivity contribution in [3.8, 4) is 0 Å². The molecule has 0 saturated heterocycles. The molecule has 1 aliphatic rings. The Morgan fingerprint density at radius 2 is 2.06 bits per heavy atom. The average molecular weight is 296 g/mol. The summed E-state index contributed by atoms with van der Waals surface area (Å²) in [5, 5.41) is 1.05. The molecule has 0 N–H and O–H groups in total. The van der Waals surface area contributed by atoms with E-state index in [1.807, 2.05) is 0 Å². The maximum absolute atomic E-state index is 3.63. The first-order chi connectivity index (χ1) is 8.02. The van der Waals surface area contributed by atoms with Gasteiger partial charge in [0.1, 0.15) is 0 Å². The third kappa shape index (κ3) is 3.04.